The summed E-state index contributed by atoms with van der Waals surface area (Å²) in [4.78, 5) is 10.9. The molecule has 1 rings (SSSR count). The summed E-state index contributed by atoms with van der Waals surface area (Å²) in [6.45, 7) is 2.25. The topological polar surface area (TPSA) is 72.5 Å². The van der Waals surface area contributed by atoms with Gasteiger partial charge in [-0.3, -0.25) is 0 Å². The molecule has 0 spiro atoms. The number of hydrogen-bond donors (Lipinski definition) is 2. The van der Waals surface area contributed by atoms with Crippen LogP contribution >= 0.6 is 0 Å². The van der Waals surface area contributed by atoms with Crippen molar-refractivity contribution in [1.82, 2.24) is 0 Å². The summed E-state index contributed by atoms with van der Waals surface area (Å²) in [6.07, 6.45) is 4.97. The summed E-state index contributed by atoms with van der Waals surface area (Å²) in [7, 11) is 0. The maximum atomic E-state index is 10.9. The van der Waals surface area contributed by atoms with Crippen molar-refractivity contribution in [1.29, 1.82) is 0 Å². The SMILES string of the molecule is CCC(OC1(CN)CCCCC1)C(=O)O. The predicted molar refractivity (Wildman–Crippen MR) is 57.7 cm³/mol. The van der Waals surface area contributed by atoms with Crippen LogP contribution in [0.25, 0.3) is 0 Å². The van der Waals surface area contributed by atoms with Crippen molar-refractivity contribution < 1.29 is 14.6 Å². The summed E-state index contributed by atoms with van der Waals surface area (Å²) >= 11 is 0. The maximum absolute atomic E-state index is 10.9. The smallest absolute Gasteiger partial charge is 0.332 e. The van der Waals surface area contributed by atoms with Gasteiger partial charge in [0.1, 0.15) is 0 Å². The van der Waals surface area contributed by atoms with E-state index < -0.39 is 12.1 Å². The first-order valence-corrected chi connectivity index (χ1v) is 5.74. The van der Waals surface area contributed by atoms with Crippen LogP contribution in [0, 0.1) is 0 Å². The first-order chi connectivity index (χ1) is 7.13. The highest BCUT2D eigenvalue weighted by Crippen LogP contribution is 2.32. The molecule has 4 nitrogen and oxygen atoms in total. The normalized spacial score (nSPS) is 22.3. The van der Waals surface area contributed by atoms with E-state index in [2.05, 4.69) is 0 Å². The molecule has 1 unspecified atom stereocenters. The molecule has 0 aromatic heterocycles. The van der Waals surface area contributed by atoms with Crippen LogP contribution in [0.1, 0.15) is 45.4 Å². The van der Waals surface area contributed by atoms with Crippen LogP contribution in [0.15, 0.2) is 0 Å². The lowest BCUT2D eigenvalue weighted by atomic mass is 9.84. The van der Waals surface area contributed by atoms with Crippen LogP contribution in [0.5, 0.6) is 0 Å². The van der Waals surface area contributed by atoms with Crippen molar-refractivity contribution >= 4 is 5.97 Å². The fourth-order valence-corrected chi connectivity index (χ4v) is 2.18. The Bertz CT molecular complexity index is 212. The Balaban J connectivity index is 2.61. The summed E-state index contributed by atoms with van der Waals surface area (Å²) < 4.78 is 5.71. The number of hydrogen-bond acceptors (Lipinski definition) is 3. The number of carboxylic acids is 1. The molecule has 0 aromatic carbocycles. The Hall–Kier alpha value is -0.610. The van der Waals surface area contributed by atoms with Crippen molar-refractivity contribution in [2.45, 2.75) is 57.2 Å². The van der Waals surface area contributed by atoms with E-state index in [9.17, 15) is 4.79 Å². The average molecular weight is 215 g/mol. The zero-order valence-electron chi connectivity index (χ0n) is 9.37. The molecule has 3 N–H and O–H groups in total. The number of carboxylic acid groups (broad SMARTS) is 1. The van der Waals surface area contributed by atoms with Crippen molar-refractivity contribution in [2.75, 3.05) is 6.54 Å². The lowest BCUT2D eigenvalue weighted by Crippen LogP contribution is -2.46. The molecule has 1 aliphatic carbocycles. The van der Waals surface area contributed by atoms with Crippen molar-refractivity contribution in [3.05, 3.63) is 0 Å². The van der Waals surface area contributed by atoms with E-state index >= 15 is 0 Å². The summed E-state index contributed by atoms with van der Waals surface area (Å²) in [5.74, 6) is -0.879. The molecule has 0 heterocycles. The third-order valence-electron chi connectivity index (χ3n) is 3.18. The molecule has 15 heavy (non-hydrogen) atoms. The minimum absolute atomic E-state index is 0.378. The van der Waals surface area contributed by atoms with Crippen molar-refractivity contribution in [3.8, 4) is 0 Å². The Kier molecular flexibility index (Phi) is 4.54. The van der Waals surface area contributed by atoms with Gasteiger partial charge in [-0.2, -0.15) is 0 Å². The summed E-state index contributed by atoms with van der Waals surface area (Å²) in [6, 6.07) is 0. The van der Waals surface area contributed by atoms with Crippen LogP contribution in [-0.4, -0.2) is 29.3 Å². The second kappa shape index (κ2) is 5.47. The van der Waals surface area contributed by atoms with E-state index in [4.69, 9.17) is 15.6 Å². The lowest BCUT2D eigenvalue weighted by molar-refractivity contribution is -0.168. The molecule has 1 saturated carbocycles. The van der Waals surface area contributed by atoms with Gasteiger partial charge in [-0.1, -0.05) is 26.2 Å². The van der Waals surface area contributed by atoms with Gasteiger partial charge < -0.3 is 15.6 Å². The molecular formula is C11H21NO3. The molecule has 0 amide bonds. The van der Waals surface area contributed by atoms with Gasteiger partial charge in [-0.25, -0.2) is 4.79 Å². The Morgan fingerprint density at radius 3 is 2.47 bits per heavy atom. The van der Waals surface area contributed by atoms with Crippen LogP contribution in [-0.2, 0) is 9.53 Å². The lowest BCUT2D eigenvalue weighted by Gasteiger charge is -2.38. The van der Waals surface area contributed by atoms with Crippen LogP contribution in [0.4, 0.5) is 0 Å². The molecule has 1 aliphatic rings. The van der Waals surface area contributed by atoms with Gasteiger partial charge in [-0.15, -0.1) is 0 Å². The molecule has 0 saturated heterocycles. The van der Waals surface area contributed by atoms with Gasteiger partial charge >= 0.3 is 5.97 Å². The Morgan fingerprint density at radius 2 is 2.07 bits per heavy atom. The third kappa shape index (κ3) is 3.18. The molecule has 88 valence electrons. The van der Waals surface area contributed by atoms with Gasteiger partial charge in [0.2, 0.25) is 0 Å². The van der Waals surface area contributed by atoms with Crippen molar-refractivity contribution in [3.63, 3.8) is 0 Å². The van der Waals surface area contributed by atoms with E-state index in [-0.39, 0.29) is 5.60 Å². The van der Waals surface area contributed by atoms with Gasteiger partial charge in [0.05, 0.1) is 5.60 Å². The predicted octanol–water partition coefficient (Wildman–Crippen LogP) is 1.53. The van der Waals surface area contributed by atoms with E-state index in [0.717, 1.165) is 25.7 Å². The van der Waals surface area contributed by atoms with Crippen LogP contribution < -0.4 is 5.73 Å². The molecule has 4 heteroatoms. The first kappa shape index (κ1) is 12.5. The van der Waals surface area contributed by atoms with E-state index in [0.29, 0.717) is 13.0 Å². The average Bonchev–Trinajstić information content (AvgIpc) is 2.27. The quantitative estimate of drug-likeness (QED) is 0.729. The third-order valence-corrected chi connectivity index (χ3v) is 3.18. The Morgan fingerprint density at radius 1 is 1.47 bits per heavy atom. The second-order valence-electron chi connectivity index (χ2n) is 4.30. The molecule has 0 radical (unpaired) electrons. The number of aliphatic carboxylic acids is 1. The van der Waals surface area contributed by atoms with E-state index in [1.165, 1.54) is 6.42 Å². The first-order valence-electron chi connectivity index (χ1n) is 5.74. The summed E-state index contributed by atoms with van der Waals surface area (Å²) in [5.41, 5.74) is 5.35. The van der Waals surface area contributed by atoms with Gasteiger partial charge in [0.15, 0.2) is 6.10 Å². The monoisotopic (exact) mass is 215 g/mol. The van der Waals surface area contributed by atoms with Gasteiger partial charge in [0.25, 0.3) is 0 Å². The molecule has 1 fully saturated rings. The molecule has 1 atom stereocenters. The minimum Gasteiger partial charge on any atom is -0.479 e. The molecule has 0 aliphatic heterocycles. The highest BCUT2D eigenvalue weighted by Gasteiger charge is 2.35. The zero-order valence-corrected chi connectivity index (χ0v) is 9.37. The molecular weight excluding hydrogens is 194 g/mol. The van der Waals surface area contributed by atoms with Crippen LogP contribution in [0.3, 0.4) is 0 Å². The van der Waals surface area contributed by atoms with E-state index in [1.807, 2.05) is 6.92 Å². The van der Waals surface area contributed by atoms with Crippen LogP contribution in [0.2, 0.25) is 0 Å². The fraction of sp³-hybridized carbons (Fsp3) is 0.909. The highest BCUT2D eigenvalue weighted by atomic mass is 16.5. The minimum atomic E-state index is -0.879. The fourth-order valence-electron chi connectivity index (χ4n) is 2.18. The van der Waals surface area contributed by atoms with E-state index in [1.54, 1.807) is 0 Å². The van der Waals surface area contributed by atoms with Gasteiger partial charge in [0, 0.05) is 6.54 Å². The zero-order chi connectivity index (χ0) is 11.3. The van der Waals surface area contributed by atoms with Crippen molar-refractivity contribution in [2.24, 2.45) is 5.73 Å². The number of carbonyl (C=O) groups is 1. The number of rotatable bonds is 5. The second-order valence-corrected chi connectivity index (χ2v) is 4.30. The molecule has 0 aromatic rings. The number of ether oxygens (including phenoxy) is 1. The summed E-state index contributed by atoms with van der Waals surface area (Å²) in [5, 5.41) is 8.95. The largest absolute Gasteiger partial charge is 0.479 e. The Labute approximate surface area is 90.8 Å². The maximum Gasteiger partial charge on any atom is 0.332 e. The highest BCUT2D eigenvalue weighted by molar-refractivity contribution is 5.72. The number of nitrogens with two attached hydrogens (primary N) is 1. The standard InChI is InChI=1S/C11H21NO3/c1-2-9(10(13)14)15-11(8-12)6-4-3-5-7-11/h9H,2-8,12H2,1H3,(H,13,14). The van der Waals surface area contributed by atoms with Gasteiger partial charge in [-0.05, 0) is 19.3 Å². The molecule has 0 bridgehead atoms.